The lowest BCUT2D eigenvalue weighted by molar-refractivity contribution is -0.179. The Morgan fingerprint density at radius 1 is 1.12 bits per heavy atom. The number of esters is 2. The Balaban J connectivity index is 1.56. The third-order valence-electron chi connectivity index (χ3n) is 7.32. The van der Waals surface area contributed by atoms with Gasteiger partial charge in [-0.15, -0.1) is 0 Å². The van der Waals surface area contributed by atoms with Gasteiger partial charge in [-0.25, -0.2) is 14.0 Å². The van der Waals surface area contributed by atoms with Gasteiger partial charge in [-0.05, 0) is 87.0 Å². The zero-order valence-electron chi connectivity index (χ0n) is 19.3. The lowest BCUT2D eigenvalue weighted by Gasteiger charge is -2.58. The van der Waals surface area contributed by atoms with Crippen LogP contribution in [0, 0.1) is 17.8 Å². The summed E-state index contributed by atoms with van der Waals surface area (Å²) >= 11 is 0. The molecular weight excluding hydrogens is 427 g/mol. The number of benzene rings is 1. The molecule has 0 heterocycles. The van der Waals surface area contributed by atoms with Crippen LogP contribution in [0.15, 0.2) is 29.8 Å². The van der Waals surface area contributed by atoms with Crippen LogP contribution in [0.25, 0.3) is 6.08 Å². The minimum Gasteiger partial charge on any atom is -0.508 e. The lowest BCUT2D eigenvalue weighted by Crippen LogP contribution is -2.54. The zero-order chi connectivity index (χ0) is 23.6. The molecule has 5 rings (SSSR count). The van der Waals surface area contributed by atoms with Crippen LogP contribution in [0.3, 0.4) is 0 Å². The van der Waals surface area contributed by atoms with Crippen molar-refractivity contribution in [2.75, 3.05) is 19.8 Å². The fourth-order valence-electron chi connectivity index (χ4n) is 6.19. The molecule has 4 aliphatic rings. The molecule has 0 aromatic heterocycles. The molecule has 1 aromatic rings. The van der Waals surface area contributed by atoms with Crippen molar-refractivity contribution in [2.45, 2.75) is 63.6 Å². The Bertz CT molecular complexity index is 893. The largest absolute Gasteiger partial charge is 0.508 e. The van der Waals surface area contributed by atoms with Crippen LogP contribution in [0.4, 0.5) is 4.39 Å². The van der Waals surface area contributed by atoms with Crippen molar-refractivity contribution in [3.63, 3.8) is 0 Å². The lowest BCUT2D eigenvalue weighted by atomic mass is 9.52. The summed E-state index contributed by atoms with van der Waals surface area (Å²) in [6.07, 6.45) is 6.77. The van der Waals surface area contributed by atoms with Crippen molar-refractivity contribution in [3.05, 3.63) is 35.4 Å². The molecule has 1 aromatic carbocycles. The maximum Gasteiger partial charge on any atom is 0.355 e. The second-order valence-corrected chi connectivity index (χ2v) is 9.57. The molecular formula is C26H33FO6. The van der Waals surface area contributed by atoms with Crippen molar-refractivity contribution in [3.8, 4) is 5.75 Å². The summed E-state index contributed by atoms with van der Waals surface area (Å²) in [6.45, 7) is 2.96. The molecule has 7 heteroatoms. The van der Waals surface area contributed by atoms with Crippen molar-refractivity contribution in [1.29, 1.82) is 0 Å². The van der Waals surface area contributed by atoms with Gasteiger partial charge in [0.2, 0.25) is 0 Å². The van der Waals surface area contributed by atoms with Gasteiger partial charge < -0.3 is 19.3 Å². The van der Waals surface area contributed by atoms with E-state index in [1.807, 2.05) is 12.1 Å². The first-order valence-electron chi connectivity index (χ1n) is 12.0. The molecule has 0 saturated heterocycles. The monoisotopic (exact) mass is 460 g/mol. The molecule has 4 fully saturated rings. The Morgan fingerprint density at radius 3 is 2.33 bits per heavy atom. The van der Waals surface area contributed by atoms with Crippen molar-refractivity contribution < 1.29 is 33.3 Å². The first-order valence-corrected chi connectivity index (χ1v) is 12.0. The standard InChI is InChI=1S/C26H33FO6/c1-3-31-23(29)26(27,24(30)32-4-2)8-9-33-25-15-18-10-19(16-25)12-20(11-18)22(25)14-17-6-5-7-21(28)13-17/h5-7,13-14,18-20,28H,3-4,8-12,15-16H2,1-2H3. The number of hydrogen-bond donors (Lipinski definition) is 1. The average molecular weight is 461 g/mol. The number of carbonyl (C=O) groups is 2. The number of alkyl halides is 1. The van der Waals surface area contributed by atoms with E-state index in [4.69, 9.17) is 14.2 Å². The second kappa shape index (κ2) is 9.45. The third kappa shape index (κ3) is 4.65. The zero-order valence-corrected chi connectivity index (χ0v) is 19.3. The first kappa shape index (κ1) is 23.7. The van der Waals surface area contributed by atoms with Gasteiger partial charge >= 0.3 is 17.6 Å². The molecule has 1 N–H and O–H groups in total. The van der Waals surface area contributed by atoms with Crippen molar-refractivity contribution >= 4 is 18.0 Å². The quantitative estimate of drug-likeness (QED) is 0.429. The molecule has 33 heavy (non-hydrogen) atoms. The summed E-state index contributed by atoms with van der Waals surface area (Å²) < 4.78 is 31.6. The molecule has 6 nitrogen and oxygen atoms in total. The van der Waals surface area contributed by atoms with E-state index >= 15 is 4.39 Å². The predicted molar refractivity (Wildman–Crippen MR) is 120 cm³/mol. The molecule has 4 bridgehead atoms. The maximum atomic E-state index is 15.5. The highest BCUT2D eigenvalue weighted by molar-refractivity contribution is 6.03. The van der Waals surface area contributed by atoms with E-state index in [2.05, 4.69) is 6.08 Å². The number of aromatic hydroxyl groups is 1. The molecule has 0 aliphatic heterocycles. The summed E-state index contributed by atoms with van der Waals surface area (Å²) in [7, 11) is 0. The average Bonchev–Trinajstić information content (AvgIpc) is 2.76. The number of rotatable bonds is 9. The Hall–Kier alpha value is -2.41. The van der Waals surface area contributed by atoms with E-state index in [-0.39, 0.29) is 25.6 Å². The number of halogens is 1. The van der Waals surface area contributed by atoms with Crippen LogP contribution in [0.1, 0.15) is 57.9 Å². The van der Waals surface area contributed by atoms with Gasteiger partial charge in [0.25, 0.3) is 0 Å². The number of hydrogen-bond acceptors (Lipinski definition) is 6. The molecule has 2 atom stereocenters. The minimum absolute atomic E-state index is 0.0312. The molecule has 0 radical (unpaired) electrons. The minimum atomic E-state index is -2.89. The first-order chi connectivity index (χ1) is 15.8. The van der Waals surface area contributed by atoms with Gasteiger partial charge in [0, 0.05) is 6.42 Å². The molecule has 0 spiro atoms. The van der Waals surface area contributed by atoms with Gasteiger partial charge in [0.15, 0.2) is 0 Å². The fraction of sp³-hybridized carbons (Fsp3) is 0.615. The highest BCUT2D eigenvalue weighted by atomic mass is 19.1. The molecule has 180 valence electrons. The van der Waals surface area contributed by atoms with E-state index < -0.39 is 29.6 Å². The topological polar surface area (TPSA) is 82.1 Å². The summed E-state index contributed by atoms with van der Waals surface area (Å²) in [5.74, 6) is -0.734. The fourth-order valence-corrected chi connectivity index (χ4v) is 6.19. The van der Waals surface area contributed by atoms with E-state index in [1.54, 1.807) is 26.0 Å². The van der Waals surface area contributed by atoms with Crippen LogP contribution >= 0.6 is 0 Å². The Morgan fingerprint density at radius 2 is 1.76 bits per heavy atom. The van der Waals surface area contributed by atoms with Gasteiger partial charge in [-0.1, -0.05) is 18.2 Å². The predicted octanol–water partition coefficient (Wildman–Crippen LogP) is 4.60. The van der Waals surface area contributed by atoms with Crippen molar-refractivity contribution in [2.24, 2.45) is 17.8 Å². The highest BCUT2D eigenvalue weighted by Gasteiger charge is 2.56. The number of carbonyl (C=O) groups excluding carboxylic acids is 2. The molecule has 4 aliphatic carbocycles. The molecule has 2 unspecified atom stereocenters. The number of ether oxygens (including phenoxy) is 3. The molecule has 0 amide bonds. The summed E-state index contributed by atoms with van der Waals surface area (Å²) in [5.41, 5.74) is -1.34. The van der Waals surface area contributed by atoms with Crippen LogP contribution < -0.4 is 0 Å². The van der Waals surface area contributed by atoms with Gasteiger partial charge in [0.1, 0.15) is 5.75 Å². The second-order valence-electron chi connectivity index (χ2n) is 9.57. The van der Waals surface area contributed by atoms with Crippen LogP contribution in [0.2, 0.25) is 0 Å². The van der Waals surface area contributed by atoms with E-state index in [0.717, 1.165) is 31.2 Å². The third-order valence-corrected chi connectivity index (χ3v) is 7.32. The summed E-state index contributed by atoms with van der Waals surface area (Å²) in [4.78, 5) is 24.6. The van der Waals surface area contributed by atoms with Gasteiger partial charge in [-0.2, -0.15) is 0 Å². The van der Waals surface area contributed by atoms with E-state index in [0.29, 0.717) is 17.8 Å². The van der Waals surface area contributed by atoms with Crippen LogP contribution in [-0.4, -0.2) is 48.1 Å². The molecule has 4 saturated carbocycles. The van der Waals surface area contributed by atoms with Gasteiger partial charge in [-0.3, -0.25) is 0 Å². The van der Waals surface area contributed by atoms with E-state index in [1.165, 1.54) is 12.0 Å². The number of phenols is 1. The smallest absolute Gasteiger partial charge is 0.355 e. The Kier molecular flexibility index (Phi) is 6.80. The maximum absolute atomic E-state index is 15.5. The van der Waals surface area contributed by atoms with E-state index in [9.17, 15) is 14.7 Å². The normalized spacial score (nSPS) is 29.3. The summed E-state index contributed by atoms with van der Waals surface area (Å²) in [5, 5.41) is 9.89. The Labute approximate surface area is 194 Å². The van der Waals surface area contributed by atoms with Crippen LogP contribution in [-0.2, 0) is 23.8 Å². The summed E-state index contributed by atoms with van der Waals surface area (Å²) in [6, 6.07) is 7.11. The van der Waals surface area contributed by atoms with Crippen LogP contribution in [0.5, 0.6) is 5.75 Å². The highest BCUT2D eigenvalue weighted by Crippen LogP contribution is 2.60. The van der Waals surface area contributed by atoms with Crippen molar-refractivity contribution in [1.82, 2.24) is 0 Å². The van der Waals surface area contributed by atoms with Gasteiger partial charge in [0.05, 0.1) is 25.4 Å². The number of phenolic OH excluding ortho intramolecular Hbond substituents is 1. The SMILES string of the molecule is CCOC(=O)C(F)(CCOC12CC3CC(CC(C3)C1=Cc1cccc(O)c1)C2)C(=O)OCC.